The Kier molecular flexibility index (Phi) is 4.85. The molecule has 1 fully saturated rings. The van der Waals surface area contributed by atoms with Crippen molar-refractivity contribution in [3.05, 3.63) is 0 Å². The van der Waals surface area contributed by atoms with E-state index in [2.05, 4.69) is 19.2 Å². The highest BCUT2D eigenvalue weighted by molar-refractivity contribution is 4.79. The fourth-order valence-electron chi connectivity index (χ4n) is 1.63. The molecular formula is C11H24N2O. The van der Waals surface area contributed by atoms with Gasteiger partial charge in [0.15, 0.2) is 0 Å². The predicted octanol–water partition coefficient (Wildman–Crippen LogP) is 1.27. The number of hydrogen-bond acceptors (Lipinski definition) is 3. The van der Waals surface area contributed by atoms with Gasteiger partial charge in [0.25, 0.3) is 0 Å². The molecule has 3 N–H and O–H groups in total. The Morgan fingerprint density at radius 2 is 2.36 bits per heavy atom. The van der Waals surface area contributed by atoms with Crippen LogP contribution in [0.15, 0.2) is 0 Å². The van der Waals surface area contributed by atoms with Crippen molar-refractivity contribution in [3.63, 3.8) is 0 Å². The van der Waals surface area contributed by atoms with Gasteiger partial charge in [-0.25, -0.2) is 0 Å². The zero-order valence-electron chi connectivity index (χ0n) is 9.51. The summed E-state index contributed by atoms with van der Waals surface area (Å²) in [7, 11) is 0. The van der Waals surface area contributed by atoms with Crippen LogP contribution in [0.3, 0.4) is 0 Å². The topological polar surface area (TPSA) is 47.3 Å². The summed E-state index contributed by atoms with van der Waals surface area (Å²) >= 11 is 0. The molecular weight excluding hydrogens is 176 g/mol. The molecule has 0 radical (unpaired) electrons. The lowest BCUT2D eigenvalue weighted by molar-refractivity contribution is 0.104. The number of hydrogen-bond donors (Lipinski definition) is 2. The molecule has 3 heteroatoms. The molecule has 3 nitrogen and oxygen atoms in total. The first-order valence-corrected chi connectivity index (χ1v) is 5.75. The van der Waals surface area contributed by atoms with Crippen LogP contribution < -0.4 is 11.1 Å². The van der Waals surface area contributed by atoms with Crippen molar-refractivity contribution < 1.29 is 4.74 Å². The third kappa shape index (κ3) is 4.40. The summed E-state index contributed by atoms with van der Waals surface area (Å²) in [6, 6.07) is 0. The second-order valence-electron chi connectivity index (χ2n) is 4.61. The predicted molar refractivity (Wildman–Crippen MR) is 59.3 cm³/mol. The van der Waals surface area contributed by atoms with Gasteiger partial charge in [0.1, 0.15) is 0 Å². The highest BCUT2D eigenvalue weighted by atomic mass is 16.5. The molecule has 84 valence electrons. The van der Waals surface area contributed by atoms with Crippen LogP contribution in [0.1, 0.15) is 39.5 Å². The van der Waals surface area contributed by atoms with Crippen molar-refractivity contribution in [2.75, 3.05) is 19.7 Å². The Morgan fingerprint density at radius 1 is 1.57 bits per heavy atom. The molecule has 2 atom stereocenters. The van der Waals surface area contributed by atoms with Crippen LogP contribution in [-0.4, -0.2) is 31.3 Å². The second-order valence-corrected chi connectivity index (χ2v) is 4.61. The molecule has 1 rings (SSSR count). The highest BCUT2D eigenvalue weighted by Gasteiger charge is 2.17. The smallest absolute Gasteiger partial charge is 0.0588 e. The molecule has 0 saturated carbocycles. The van der Waals surface area contributed by atoms with E-state index in [-0.39, 0.29) is 5.54 Å². The van der Waals surface area contributed by atoms with Gasteiger partial charge in [-0.1, -0.05) is 6.92 Å². The van der Waals surface area contributed by atoms with Crippen LogP contribution >= 0.6 is 0 Å². The van der Waals surface area contributed by atoms with E-state index >= 15 is 0 Å². The van der Waals surface area contributed by atoms with E-state index in [0.717, 1.165) is 32.5 Å². The normalized spacial score (nSPS) is 26.4. The number of rotatable bonds is 6. The van der Waals surface area contributed by atoms with E-state index in [4.69, 9.17) is 10.5 Å². The molecule has 1 aliphatic heterocycles. The van der Waals surface area contributed by atoms with Crippen LogP contribution in [0, 0.1) is 0 Å². The van der Waals surface area contributed by atoms with E-state index in [0.29, 0.717) is 6.10 Å². The third-order valence-electron chi connectivity index (χ3n) is 3.00. The van der Waals surface area contributed by atoms with Gasteiger partial charge in [0.05, 0.1) is 6.10 Å². The minimum Gasteiger partial charge on any atom is -0.378 e. The van der Waals surface area contributed by atoms with Crippen molar-refractivity contribution in [2.45, 2.75) is 51.2 Å². The van der Waals surface area contributed by atoms with Crippen molar-refractivity contribution >= 4 is 0 Å². The van der Waals surface area contributed by atoms with Crippen LogP contribution in [0.2, 0.25) is 0 Å². The quantitative estimate of drug-likeness (QED) is 0.635. The molecule has 0 aliphatic carbocycles. The monoisotopic (exact) mass is 200 g/mol. The van der Waals surface area contributed by atoms with E-state index < -0.39 is 0 Å². The van der Waals surface area contributed by atoms with Gasteiger partial charge in [0, 0.05) is 18.7 Å². The number of nitrogens with one attached hydrogen (secondary N) is 1. The zero-order valence-corrected chi connectivity index (χ0v) is 9.51. The van der Waals surface area contributed by atoms with E-state index in [1.807, 2.05) is 0 Å². The number of ether oxygens (including phenoxy) is 1. The lowest BCUT2D eigenvalue weighted by Gasteiger charge is -2.23. The lowest BCUT2D eigenvalue weighted by Crippen LogP contribution is -2.45. The summed E-state index contributed by atoms with van der Waals surface area (Å²) in [5.41, 5.74) is 5.96. The lowest BCUT2D eigenvalue weighted by atomic mass is 10.0. The maximum atomic E-state index is 6.02. The molecule has 0 spiro atoms. The Bertz CT molecular complexity index is 153. The minimum absolute atomic E-state index is 0.0590. The average molecular weight is 200 g/mol. The largest absolute Gasteiger partial charge is 0.378 e. The van der Waals surface area contributed by atoms with Crippen LogP contribution in [0.4, 0.5) is 0 Å². The standard InChI is InChI=1S/C11H24N2O/c1-3-11(2,12)9-13-7-6-10-5-4-8-14-10/h10,13H,3-9,12H2,1-2H3. The maximum Gasteiger partial charge on any atom is 0.0588 e. The summed E-state index contributed by atoms with van der Waals surface area (Å²) < 4.78 is 5.54. The Labute approximate surface area is 87.4 Å². The van der Waals surface area contributed by atoms with E-state index in [1.165, 1.54) is 12.8 Å². The zero-order chi connectivity index (χ0) is 10.4. The first-order valence-electron chi connectivity index (χ1n) is 5.75. The Hall–Kier alpha value is -0.120. The summed E-state index contributed by atoms with van der Waals surface area (Å²) in [6.07, 6.45) is 5.09. The summed E-state index contributed by atoms with van der Waals surface area (Å²) in [5.74, 6) is 0. The van der Waals surface area contributed by atoms with Crippen molar-refractivity contribution in [3.8, 4) is 0 Å². The fraction of sp³-hybridized carbons (Fsp3) is 1.00. The van der Waals surface area contributed by atoms with Crippen LogP contribution in [0.5, 0.6) is 0 Å². The second kappa shape index (κ2) is 5.69. The molecule has 1 aliphatic rings. The van der Waals surface area contributed by atoms with Crippen molar-refractivity contribution in [2.24, 2.45) is 5.73 Å². The molecule has 0 bridgehead atoms. The van der Waals surface area contributed by atoms with Gasteiger partial charge in [0.2, 0.25) is 0 Å². The van der Waals surface area contributed by atoms with Gasteiger partial charge in [-0.2, -0.15) is 0 Å². The van der Waals surface area contributed by atoms with Crippen molar-refractivity contribution in [1.82, 2.24) is 5.32 Å². The summed E-state index contributed by atoms with van der Waals surface area (Å²) in [6.45, 7) is 7.09. The first kappa shape index (κ1) is 12.0. The summed E-state index contributed by atoms with van der Waals surface area (Å²) in [4.78, 5) is 0. The SMILES string of the molecule is CCC(C)(N)CNCCC1CCCO1. The first-order chi connectivity index (χ1) is 6.64. The van der Waals surface area contributed by atoms with Gasteiger partial charge in [-0.05, 0) is 39.2 Å². The molecule has 2 unspecified atom stereocenters. The van der Waals surface area contributed by atoms with Gasteiger partial charge < -0.3 is 15.8 Å². The average Bonchev–Trinajstić information content (AvgIpc) is 2.65. The molecule has 0 aromatic rings. The summed E-state index contributed by atoms with van der Waals surface area (Å²) in [5, 5.41) is 3.40. The van der Waals surface area contributed by atoms with E-state index in [9.17, 15) is 0 Å². The highest BCUT2D eigenvalue weighted by Crippen LogP contribution is 2.14. The molecule has 1 saturated heterocycles. The van der Waals surface area contributed by atoms with E-state index in [1.54, 1.807) is 0 Å². The minimum atomic E-state index is -0.0590. The van der Waals surface area contributed by atoms with Gasteiger partial charge in [-0.3, -0.25) is 0 Å². The fourth-order valence-corrected chi connectivity index (χ4v) is 1.63. The molecule has 0 aromatic heterocycles. The number of nitrogens with two attached hydrogens (primary N) is 1. The molecule has 1 heterocycles. The van der Waals surface area contributed by atoms with Gasteiger partial charge >= 0.3 is 0 Å². The van der Waals surface area contributed by atoms with Gasteiger partial charge in [-0.15, -0.1) is 0 Å². The third-order valence-corrected chi connectivity index (χ3v) is 3.00. The van der Waals surface area contributed by atoms with Crippen LogP contribution in [-0.2, 0) is 4.74 Å². The van der Waals surface area contributed by atoms with Crippen LogP contribution in [0.25, 0.3) is 0 Å². The Morgan fingerprint density at radius 3 is 2.93 bits per heavy atom. The molecule has 0 amide bonds. The van der Waals surface area contributed by atoms with Crippen molar-refractivity contribution in [1.29, 1.82) is 0 Å². The molecule has 14 heavy (non-hydrogen) atoms. The Balaban J connectivity index is 1.98. The maximum absolute atomic E-state index is 6.02. The molecule has 0 aromatic carbocycles.